The van der Waals surface area contributed by atoms with E-state index in [9.17, 15) is 9.18 Å². The highest BCUT2D eigenvalue weighted by Crippen LogP contribution is 2.38. The Morgan fingerprint density at radius 3 is 2.73 bits per heavy atom. The fraction of sp³-hybridized carbons (Fsp3) is 0.278. The van der Waals surface area contributed by atoms with Gasteiger partial charge in [0.1, 0.15) is 5.82 Å². The summed E-state index contributed by atoms with van der Waals surface area (Å²) in [6.07, 6.45) is 5.70. The number of hydrogen-bond acceptors (Lipinski definition) is 1. The van der Waals surface area contributed by atoms with Gasteiger partial charge in [-0.1, -0.05) is 12.1 Å². The first-order valence-electron chi connectivity index (χ1n) is 7.48. The zero-order valence-electron chi connectivity index (χ0n) is 12.8. The number of rotatable bonds is 4. The average Bonchev–Trinajstić information content (AvgIpc) is 3.26. The van der Waals surface area contributed by atoms with Gasteiger partial charge in [-0.05, 0) is 56.5 Å². The lowest BCUT2D eigenvalue weighted by Gasteiger charge is -2.06. The molecule has 1 aromatic carbocycles. The van der Waals surface area contributed by atoms with Crippen molar-refractivity contribution in [3.8, 4) is 0 Å². The normalized spacial score (nSPS) is 14.5. The fourth-order valence-electron chi connectivity index (χ4n) is 2.77. The van der Waals surface area contributed by atoms with Gasteiger partial charge in [0.05, 0.1) is 5.69 Å². The molecular weight excluding hydrogens is 279 g/mol. The standard InChI is InChI=1S/C18H19FN2O/c1-12-11-14(13(2)21(12)15-8-9-15)7-10-18(22)20-17-6-4-3-5-16(17)19/h3-7,10-11,15H,8-9H2,1-2H3,(H,20,22)/b10-7+. The van der Waals surface area contributed by atoms with Gasteiger partial charge in [-0.15, -0.1) is 0 Å². The summed E-state index contributed by atoms with van der Waals surface area (Å²) in [5.41, 5.74) is 3.62. The number of carbonyl (C=O) groups is 1. The molecule has 1 fully saturated rings. The molecule has 1 amide bonds. The summed E-state index contributed by atoms with van der Waals surface area (Å²) in [6, 6.07) is 8.84. The maximum atomic E-state index is 13.5. The van der Waals surface area contributed by atoms with Crippen LogP contribution in [0.5, 0.6) is 0 Å². The summed E-state index contributed by atoms with van der Waals surface area (Å²) in [6.45, 7) is 4.15. The number of amides is 1. The molecule has 0 saturated heterocycles. The first-order valence-corrected chi connectivity index (χ1v) is 7.48. The van der Waals surface area contributed by atoms with E-state index in [1.807, 2.05) is 0 Å². The third kappa shape index (κ3) is 2.96. The predicted molar refractivity (Wildman–Crippen MR) is 86.2 cm³/mol. The van der Waals surface area contributed by atoms with Crippen LogP contribution in [0.3, 0.4) is 0 Å². The molecule has 22 heavy (non-hydrogen) atoms. The van der Waals surface area contributed by atoms with Crippen molar-refractivity contribution in [1.82, 2.24) is 4.57 Å². The summed E-state index contributed by atoms with van der Waals surface area (Å²) in [7, 11) is 0. The van der Waals surface area contributed by atoms with E-state index in [0.29, 0.717) is 6.04 Å². The van der Waals surface area contributed by atoms with Crippen LogP contribution in [0.15, 0.2) is 36.4 Å². The van der Waals surface area contributed by atoms with Crippen molar-refractivity contribution in [2.45, 2.75) is 32.7 Å². The summed E-state index contributed by atoms with van der Waals surface area (Å²) in [5, 5.41) is 2.55. The second-order valence-corrected chi connectivity index (χ2v) is 5.73. The molecule has 1 aliphatic carbocycles. The van der Waals surface area contributed by atoms with Crippen molar-refractivity contribution in [2.75, 3.05) is 5.32 Å². The van der Waals surface area contributed by atoms with Crippen LogP contribution in [0.1, 0.15) is 35.8 Å². The van der Waals surface area contributed by atoms with Crippen molar-refractivity contribution in [1.29, 1.82) is 0 Å². The van der Waals surface area contributed by atoms with Gasteiger partial charge in [0.2, 0.25) is 5.91 Å². The molecule has 0 atom stereocenters. The van der Waals surface area contributed by atoms with Crippen molar-refractivity contribution in [3.05, 3.63) is 59.2 Å². The van der Waals surface area contributed by atoms with Gasteiger partial charge in [0.25, 0.3) is 0 Å². The number of benzene rings is 1. The maximum absolute atomic E-state index is 13.5. The van der Waals surface area contributed by atoms with Crippen molar-refractivity contribution in [3.63, 3.8) is 0 Å². The van der Waals surface area contributed by atoms with Gasteiger partial charge in [0.15, 0.2) is 0 Å². The van der Waals surface area contributed by atoms with Crippen LogP contribution in [0.25, 0.3) is 6.08 Å². The number of carbonyl (C=O) groups excluding carboxylic acids is 1. The molecule has 3 rings (SSSR count). The minimum Gasteiger partial charge on any atom is -0.346 e. The largest absolute Gasteiger partial charge is 0.346 e. The van der Waals surface area contributed by atoms with E-state index in [1.54, 1.807) is 24.3 Å². The van der Waals surface area contributed by atoms with Gasteiger partial charge >= 0.3 is 0 Å². The van der Waals surface area contributed by atoms with Gasteiger partial charge in [0, 0.05) is 23.5 Å². The lowest BCUT2D eigenvalue weighted by molar-refractivity contribution is -0.111. The average molecular weight is 298 g/mol. The molecule has 3 nitrogen and oxygen atoms in total. The first-order chi connectivity index (χ1) is 10.6. The Balaban J connectivity index is 1.73. The number of nitrogens with zero attached hydrogens (tertiary/aromatic N) is 1. The second kappa shape index (κ2) is 5.79. The van der Waals surface area contributed by atoms with Gasteiger partial charge in [-0.3, -0.25) is 4.79 Å². The quantitative estimate of drug-likeness (QED) is 0.842. The third-order valence-electron chi connectivity index (χ3n) is 3.98. The number of halogens is 1. The van der Waals surface area contributed by atoms with Crippen LogP contribution < -0.4 is 5.32 Å². The predicted octanol–water partition coefficient (Wildman–Crippen LogP) is 4.23. The lowest BCUT2D eigenvalue weighted by Crippen LogP contribution is -2.09. The van der Waals surface area contributed by atoms with Crippen molar-refractivity contribution >= 4 is 17.7 Å². The number of hydrogen-bond donors (Lipinski definition) is 1. The van der Waals surface area contributed by atoms with E-state index in [0.717, 1.165) is 5.56 Å². The summed E-state index contributed by atoms with van der Waals surface area (Å²) in [4.78, 5) is 11.9. The molecule has 1 heterocycles. The maximum Gasteiger partial charge on any atom is 0.248 e. The highest BCUT2D eigenvalue weighted by Gasteiger charge is 2.26. The first kappa shape index (κ1) is 14.6. The number of anilines is 1. The Bertz CT molecular complexity index is 742. The molecule has 0 aliphatic heterocycles. The Morgan fingerprint density at radius 1 is 1.32 bits per heavy atom. The smallest absolute Gasteiger partial charge is 0.248 e. The lowest BCUT2D eigenvalue weighted by atomic mass is 10.2. The molecule has 114 valence electrons. The van der Waals surface area contributed by atoms with E-state index in [2.05, 4.69) is 29.8 Å². The minimum absolute atomic E-state index is 0.195. The molecule has 0 unspecified atom stereocenters. The number of aryl methyl sites for hydroxylation is 1. The number of nitrogens with one attached hydrogen (secondary N) is 1. The summed E-state index contributed by atoms with van der Waals surface area (Å²) >= 11 is 0. The fourth-order valence-corrected chi connectivity index (χ4v) is 2.77. The third-order valence-corrected chi connectivity index (χ3v) is 3.98. The molecule has 0 radical (unpaired) electrons. The molecular formula is C18H19FN2O. The SMILES string of the molecule is Cc1cc(/C=C/C(=O)Nc2ccccc2F)c(C)n1C1CC1. The summed E-state index contributed by atoms with van der Waals surface area (Å²) < 4.78 is 15.8. The van der Waals surface area contributed by atoms with Gasteiger partial charge < -0.3 is 9.88 Å². The number of aromatic nitrogens is 1. The van der Waals surface area contributed by atoms with Crippen LogP contribution in [0, 0.1) is 19.7 Å². The van der Waals surface area contributed by atoms with E-state index in [1.165, 1.54) is 36.4 Å². The van der Waals surface area contributed by atoms with E-state index in [-0.39, 0.29) is 11.6 Å². The molecule has 1 N–H and O–H groups in total. The van der Waals surface area contributed by atoms with Crippen LogP contribution in [-0.4, -0.2) is 10.5 Å². The van der Waals surface area contributed by atoms with Crippen LogP contribution >= 0.6 is 0 Å². The molecule has 1 aromatic heterocycles. The molecule has 0 bridgehead atoms. The zero-order valence-corrected chi connectivity index (χ0v) is 12.8. The zero-order chi connectivity index (χ0) is 15.7. The highest BCUT2D eigenvalue weighted by molar-refractivity contribution is 6.02. The van der Waals surface area contributed by atoms with Gasteiger partial charge in [-0.2, -0.15) is 0 Å². The highest BCUT2D eigenvalue weighted by atomic mass is 19.1. The van der Waals surface area contributed by atoms with Crippen molar-refractivity contribution < 1.29 is 9.18 Å². The van der Waals surface area contributed by atoms with Crippen LogP contribution in [0.2, 0.25) is 0 Å². The molecule has 1 saturated carbocycles. The van der Waals surface area contributed by atoms with E-state index < -0.39 is 5.82 Å². The Labute approximate surface area is 129 Å². The van der Waals surface area contributed by atoms with E-state index >= 15 is 0 Å². The van der Waals surface area contributed by atoms with Crippen LogP contribution in [0.4, 0.5) is 10.1 Å². The molecule has 0 spiro atoms. The van der Waals surface area contributed by atoms with E-state index in [4.69, 9.17) is 0 Å². The Morgan fingerprint density at radius 2 is 2.05 bits per heavy atom. The van der Waals surface area contributed by atoms with Gasteiger partial charge in [-0.25, -0.2) is 4.39 Å². The molecule has 2 aromatic rings. The second-order valence-electron chi connectivity index (χ2n) is 5.73. The summed E-state index contributed by atoms with van der Waals surface area (Å²) in [5.74, 6) is -0.766. The monoisotopic (exact) mass is 298 g/mol. The Hall–Kier alpha value is -2.36. The Kier molecular flexibility index (Phi) is 3.84. The molecule has 1 aliphatic rings. The molecule has 4 heteroatoms. The number of para-hydroxylation sites is 1. The minimum atomic E-state index is -0.434. The topological polar surface area (TPSA) is 34.0 Å². The van der Waals surface area contributed by atoms with Crippen molar-refractivity contribution in [2.24, 2.45) is 0 Å². The van der Waals surface area contributed by atoms with Crippen LogP contribution in [-0.2, 0) is 4.79 Å².